The summed E-state index contributed by atoms with van der Waals surface area (Å²) in [4.78, 5) is 108. The third-order valence-corrected chi connectivity index (χ3v) is 27.0. The monoisotopic (exact) mass is 1860 g/mol. The van der Waals surface area contributed by atoms with Gasteiger partial charge in [-0.15, -0.1) is 0 Å². The van der Waals surface area contributed by atoms with Gasteiger partial charge in [0.2, 0.25) is 23.6 Å². The van der Waals surface area contributed by atoms with Crippen LogP contribution in [0.5, 0.6) is 11.6 Å². The second-order valence-electron chi connectivity index (χ2n) is 34.1. The molecule has 0 N–H and O–H groups in total. The maximum Gasteiger partial charge on any atom is 0.274 e. The first-order chi connectivity index (χ1) is 63.3. The number of pyridine rings is 4. The molecule has 3 atom stereocenters. The molecular formula is C106H100Cl5N13O8. The first-order valence-corrected chi connectivity index (χ1v) is 45.4. The Morgan fingerprint density at radius 1 is 0.432 bits per heavy atom. The molecule has 0 spiro atoms. The van der Waals surface area contributed by atoms with Crippen LogP contribution < -0.4 is 40.9 Å². The molecule has 3 fully saturated rings. The second-order valence-corrected chi connectivity index (χ2v) is 36.1. The van der Waals surface area contributed by atoms with Gasteiger partial charge in [-0.3, -0.25) is 42.5 Å². The van der Waals surface area contributed by atoms with E-state index in [1.807, 2.05) is 197 Å². The number of hydrogen-bond acceptors (Lipinski definition) is 12. The quantitative estimate of drug-likeness (QED) is 0.0622. The molecule has 9 aromatic carbocycles. The highest BCUT2D eigenvalue weighted by Crippen LogP contribution is 2.50. The molecule has 0 aliphatic carbocycles. The van der Waals surface area contributed by atoms with E-state index in [1.165, 1.54) is 18.2 Å². The topological polar surface area (TPSA) is 181 Å². The first-order valence-electron chi connectivity index (χ1n) is 43.5. The molecule has 132 heavy (non-hydrogen) atoms. The smallest absolute Gasteiger partial charge is 0.274 e. The molecular weight excluding hydrogens is 1760 g/mol. The molecule has 3 aliphatic heterocycles. The molecule has 21 nitrogen and oxygen atoms in total. The number of halogens is 5. The number of para-hydroxylation sites is 3. The van der Waals surface area contributed by atoms with Gasteiger partial charge < -0.3 is 38.9 Å². The van der Waals surface area contributed by atoms with Crippen molar-refractivity contribution >= 4 is 153 Å². The van der Waals surface area contributed by atoms with Gasteiger partial charge in [-0.1, -0.05) is 210 Å². The normalized spacial score (nSPS) is 15.1. The van der Waals surface area contributed by atoms with Crippen molar-refractivity contribution in [1.29, 1.82) is 0 Å². The Hall–Kier alpha value is -13.4. The van der Waals surface area contributed by atoms with E-state index in [2.05, 4.69) is 90.6 Å². The van der Waals surface area contributed by atoms with E-state index >= 15 is 0 Å². The lowest BCUT2D eigenvalue weighted by Gasteiger charge is -2.42. The van der Waals surface area contributed by atoms with Gasteiger partial charge in [0.15, 0.2) is 0 Å². The minimum Gasteiger partial charge on any atom is -0.496 e. The molecule has 3 aliphatic rings. The zero-order chi connectivity index (χ0) is 94.9. The fourth-order valence-corrected chi connectivity index (χ4v) is 19.8. The average Bonchev–Trinajstić information content (AvgIpc) is 0.731. The predicted molar refractivity (Wildman–Crippen MR) is 540 cm³/mol. The van der Waals surface area contributed by atoms with E-state index in [0.717, 1.165) is 66.7 Å². The van der Waals surface area contributed by atoms with Crippen LogP contribution in [-0.4, -0.2) is 142 Å². The number of hydrogen-bond donors (Lipinski definition) is 0. The second kappa shape index (κ2) is 39.7. The van der Waals surface area contributed by atoms with Crippen molar-refractivity contribution in [3.05, 3.63) is 326 Å². The number of methoxy groups -OCH3 is 2. The Labute approximate surface area is 793 Å². The number of piperazine rings is 3. The number of aryl methyl sites for hydroxylation is 1. The fraction of sp³-hybridized carbons (Fsp3) is 0.264. The van der Waals surface area contributed by atoms with Gasteiger partial charge in [-0.2, -0.15) is 0 Å². The lowest BCUT2D eigenvalue weighted by molar-refractivity contribution is -0.127. The molecule has 0 saturated carbocycles. The summed E-state index contributed by atoms with van der Waals surface area (Å²) in [5.74, 6) is 1.09. The Morgan fingerprint density at radius 2 is 0.795 bits per heavy atom. The van der Waals surface area contributed by atoms with Crippen molar-refractivity contribution < 1.29 is 23.9 Å². The number of fused-ring (bicyclic) bond motifs is 4. The Bertz CT molecular complexity index is 7220. The van der Waals surface area contributed by atoms with Gasteiger partial charge in [0.1, 0.15) is 5.75 Å². The number of carbonyl (C=O) groups is 3. The molecule has 0 unspecified atom stereocenters. The Balaban J connectivity index is 0.000000159. The first kappa shape index (κ1) is 94.7. The standard InChI is InChI=1S/C38H35ClN4O3.C34H31Cl3N4O2.C34H34ClN5O3/c1-7-34(44)41-18-19-42(24(4)22-41)37-29-20-30(39)28(35-27-14-9-8-12-25(27)16-17-33(35)46-6)21-32(29)43(38(45)36(37)40-5)31-15-11-10-13-26(31)23(2)3;1-7-30(42)39-14-15-40(20(4)18-39)33-25-16-27(36)24(23-12-13-26(35)31(37)21(23)5)17-29(25)41(34(43)32(33)38-6)28-11-9-8-10-22(28)19(2)3;1-8-31(41)38-13-14-39(22(5)19-38)33-25-16-27(35)24(26-18-37-30(43-7)15-21(26)4)17-29(25)40(34(42)32(33)36-6)28-12-10-9-11-23(28)20(2)3/h7-17,20-21,23-24H,1,18-19,22H2,2-4,6H3;7-13,16-17,19-20H,1,14-15,18H2,2-5H3;8-12,15-18,20,22H,1,13-14,19H2,2-5,7H3/t24-;20-;22-/m000/s1. The van der Waals surface area contributed by atoms with Gasteiger partial charge in [0, 0.05) is 148 Å². The van der Waals surface area contributed by atoms with Crippen LogP contribution in [0.15, 0.2) is 222 Å². The van der Waals surface area contributed by atoms with Gasteiger partial charge in [-0.05, 0) is 181 Å². The van der Waals surface area contributed by atoms with Gasteiger partial charge in [-0.25, -0.2) is 19.5 Å². The molecule has 3 saturated heterocycles. The maximum absolute atomic E-state index is 14.6. The zero-order valence-corrected chi connectivity index (χ0v) is 79.6. The number of carbonyl (C=O) groups excluding carboxylic acids is 3. The summed E-state index contributed by atoms with van der Waals surface area (Å²) < 4.78 is 16.1. The molecule has 7 heterocycles. The largest absolute Gasteiger partial charge is 0.496 e. The number of benzene rings is 9. The van der Waals surface area contributed by atoms with Gasteiger partial charge >= 0.3 is 0 Å². The van der Waals surface area contributed by atoms with Crippen LogP contribution in [-0.2, 0) is 14.4 Å². The molecule has 26 heteroatoms. The summed E-state index contributed by atoms with van der Waals surface area (Å²) in [5, 5.41) is 6.30. The maximum atomic E-state index is 14.6. The van der Waals surface area contributed by atoms with E-state index in [1.54, 1.807) is 54.9 Å². The lowest BCUT2D eigenvalue weighted by Crippen LogP contribution is -2.53. The van der Waals surface area contributed by atoms with Crippen LogP contribution in [0.1, 0.15) is 108 Å². The molecule has 3 amide bonds. The van der Waals surface area contributed by atoms with Gasteiger partial charge in [0.25, 0.3) is 33.7 Å². The van der Waals surface area contributed by atoms with Crippen LogP contribution in [0.3, 0.4) is 0 Å². The molecule has 0 bridgehead atoms. The number of nitrogens with zero attached hydrogens (tertiary/aromatic N) is 13. The van der Waals surface area contributed by atoms with Crippen LogP contribution in [0.25, 0.3) is 108 Å². The number of aromatic nitrogens is 4. The highest BCUT2D eigenvalue weighted by atomic mass is 35.5. The van der Waals surface area contributed by atoms with E-state index in [-0.39, 0.29) is 70.7 Å². The number of ether oxygens (including phenoxy) is 2. The van der Waals surface area contributed by atoms with Crippen molar-refractivity contribution in [2.45, 2.75) is 112 Å². The van der Waals surface area contributed by atoms with Crippen molar-refractivity contribution in [3.63, 3.8) is 0 Å². The van der Waals surface area contributed by atoms with E-state index < -0.39 is 16.7 Å². The van der Waals surface area contributed by atoms with Crippen molar-refractivity contribution in [3.8, 4) is 62.1 Å². The fourth-order valence-electron chi connectivity index (χ4n) is 18.6. The summed E-state index contributed by atoms with van der Waals surface area (Å²) >= 11 is 34.1. The van der Waals surface area contributed by atoms with Crippen LogP contribution >= 0.6 is 58.0 Å². The average molecular weight is 1860 g/mol. The molecule has 16 rings (SSSR count). The highest BCUT2D eigenvalue weighted by molar-refractivity contribution is 6.43. The van der Waals surface area contributed by atoms with Crippen molar-refractivity contribution in [2.75, 3.05) is 87.8 Å². The third-order valence-electron chi connectivity index (χ3n) is 25.2. The Kier molecular flexibility index (Phi) is 28.5. The summed E-state index contributed by atoms with van der Waals surface area (Å²) in [5.41, 5.74) is 13.6. The minimum absolute atomic E-state index is 0.0101. The van der Waals surface area contributed by atoms with Crippen molar-refractivity contribution in [1.82, 2.24) is 33.4 Å². The van der Waals surface area contributed by atoms with E-state index in [9.17, 15) is 28.8 Å². The Morgan fingerprint density at radius 3 is 1.15 bits per heavy atom. The molecule has 0 radical (unpaired) electrons. The zero-order valence-electron chi connectivity index (χ0n) is 75.8. The van der Waals surface area contributed by atoms with E-state index in [0.29, 0.717) is 168 Å². The number of rotatable bonds is 17. The summed E-state index contributed by atoms with van der Waals surface area (Å²) in [6.07, 6.45) is 5.66. The van der Waals surface area contributed by atoms with Crippen LogP contribution in [0.4, 0.5) is 34.1 Å². The summed E-state index contributed by atoms with van der Waals surface area (Å²) in [6.45, 7) is 61.7. The van der Waals surface area contributed by atoms with Crippen LogP contribution in [0, 0.1) is 33.6 Å². The number of anilines is 3. The summed E-state index contributed by atoms with van der Waals surface area (Å²) in [7, 11) is 3.20. The highest BCUT2D eigenvalue weighted by Gasteiger charge is 2.37. The SMILES string of the molecule is [C-]#[N+]c1c(N2CCN(C(=O)C=C)C[C@@H]2C)c2cc(Cl)c(-c3c(OC)ccc4ccccc34)cc2n(-c2ccccc2C(C)C)c1=O.[C-]#[N+]c1c(N2CCN(C(=O)C=C)C[C@@H]2C)c2cc(Cl)c(-c3ccc(Cl)c(Cl)c3C)cc2n(-c2ccccc2C(C)C)c1=O.[C-]#[N+]c1c(N2CCN(C(=O)C=C)C[C@@H]2C)c2cc(Cl)c(-c3cnc(OC)cc3C)cc2n(-c2ccccc2C(C)C)c1=O. The molecule has 672 valence electrons. The molecule has 4 aromatic heterocycles. The van der Waals surface area contributed by atoms with Crippen LogP contribution in [0.2, 0.25) is 25.1 Å². The lowest BCUT2D eigenvalue weighted by atomic mass is 9.95. The predicted octanol–water partition coefficient (Wildman–Crippen LogP) is 24.1. The van der Waals surface area contributed by atoms with Crippen molar-refractivity contribution in [2.24, 2.45) is 0 Å². The molecule has 13 aromatic rings. The minimum atomic E-state index is -0.415. The third kappa shape index (κ3) is 17.7. The van der Waals surface area contributed by atoms with E-state index in [4.69, 9.17) is 87.2 Å². The van der Waals surface area contributed by atoms with Gasteiger partial charge in [0.05, 0.1) is 94.7 Å². The number of amides is 3. The summed E-state index contributed by atoms with van der Waals surface area (Å²) in [6, 6.07) is 51.6.